The van der Waals surface area contributed by atoms with Crippen LogP contribution in [0.15, 0.2) is 90.3 Å². The standard InChI is InChI=1S/C24H21N5O4S/c30-22(31)14-21(17-4-3-11-25-15-17)34(33)20-6-2-1-5-19(20)29-23(32)16-7-9-18(10-8-16)28-24-26-12-13-27-24/h1-13,15,21H,14H2,(H,29,32)(H,30,31)(H2,26,27,28). The molecule has 10 heteroatoms. The number of hydrogen-bond donors (Lipinski definition) is 4. The van der Waals surface area contributed by atoms with Gasteiger partial charge in [0.1, 0.15) is 0 Å². The molecule has 0 aliphatic heterocycles. The highest BCUT2D eigenvalue weighted by molar-refractivity contribution is 7.85. The van der Waals surface area contributed by atoms with Gasteiger partial charge in [0, 0.05) is 36.0 Å². The molecular formula is C24H21N5O4S. The number of H-pyrrole nitrogens is 1. The van der Waals surface area contributed by atoms with E-state index in [1.165, 1.54) is 6.20 Å². The quantitative estimate of drug-likeness (QED) is 0.286. The molecule has 1 amide bonds. The Bertz CT molecular complexity index is 1290. The molecular weight excluding hydrogens is 454 g/mol. The fraction of sp³-hybridized carbons (Fsp3) is 0.0833. The smallest absolute Gasteiger partial charge is 0.304 e. The molecule has 0 fully saturated rings. The number of hydrogen-bond acceptors (Lipinski definition) is 6. The van der Waals surface area contributed by atoms with Gasteiger partial charge < -0.3 is 20.7 Å². The summed E-state index contributed by atoms with van der Waals surface area (Å²) in [5.41, 5.74) is 2.05. The zero-order valence-corrected chi connectivity index (χ0v) is 18.7. The molecule has 9 nitrogen and oxygen atoms in total. The lowest BCUT2D eigenvalue weighted by Crippen LogP contribution is -2.17. The number of carboxylic acid groups (broad SMARTS) is 1. The molecule has 0 aliphatic rings. The molecule has 0 saturated heterocycles. The average molecular weight is 476 g/mol. The highest BCUT2D eigenvalue weighted by Crippen LogP contribution is 2.32. The molecule has 2 aromatic carbocycles. The molecule has 2 unspecified atom stereocenters. The fourth-order valence-corrected chi connectivity index (χ4v) is 4.85. The lowest BCUT2D eigenvalue weighted by Gasteiger charge is -2.17. The van der Waals surface area contributed by atoms with E-state index in [0.717, 1.165) is 5.69 Å². The summed E-state index contributed by atoms with van der Waals surface area (Å²) in [5, 5.41) is 14.4. The first-order valence-corrected chi connectivity index (χ1v) is 11.5. The second kappa shape index (κ2) is 10.5. The van der Waals surface area contributed by atoms with Gasteiger partial charge in [-0.15, -0.1) is 0 Å². The second-order valence-electron chi connectivity index (χ2n) is 7.26. The largest absolute Gasteiger partial charge is 0.481 e. The number of anilines is 3. The summed E-state index contributed by atoms with van der Waals surface area (Å²) in [6.07, 6.45) is 6.05. The SMILES string of the molecule is O=C(O)CC(c1cccnc1)S(=O)c1ccccc1NC(=O)c1ccc(Nc2ncc[nH]2)cc1. The van der Waals surface area contributed by atoms with E-state index in [1.807, 2.05) is 0 Å². The minimum Gasteiger partial charge on any atom is -0.481 e. The Morgan fingerprint density at radius 3 is 2.50 bits per heavy atom. The zero-order valence-electron chi connectivity index (χ0n) is 17.8. The Balaban J connectivity index is 1.54. The van der Waals surface area contributed by atoms with Crippen LogP contribution in [0.2, 0.25) is 0 Å². The highest BCUT2D eigenvalue weighted by atomic mass is 32.2. The number of amides is 1. The first-order valence-electron chi connectivity index (χ1n) is 10.3. The number of aromatic amines is 1. The summed E-state index contributed by atoms with van der Waals surface area (Å²) in [5.74, 6) is -0.879. The van der Waals surface area contributed by atoms with Gasteiger partial charge in [0.2, 0.25) is 5.95 Å². The Hall–Kier alpha value is -4.31. The van der Waals surface area contributed by atoms with Gasteiger partial charge in [-0.25, -0.2) is 4.98 Å². The normalized spacial score (nSPS) is 12.5. The number of aromatic nitrogens is 3. The van der Waals surface area contributed by atoms with E-state index in [9.17, 15) is 18.9 Å². The molecule has 0 aliphatic carbocycles. The van der Waals surface area contributed by atoms with Crippen molar-refractivity contribution in [2.75, 3.05) is 10.6 Å². The Morgan fingerprint density at radius 2 is 1.82 bits per heavy atom. The fourth-order valence-electron chi connectivity index (χ4n) is 3.31. The summed E-state index contributed by atoms with van der Waals surface area (Å²) < 4.78 is 13.5. The van der Waals surface area contributed by atoms with Crippen LogP contribution >= 0.6 is 0 Å². The van der Waals surface area contributed by atoms with Crippen molar-refractivity contribution in [1.82, 2.24) is 15.0 Å². The third kappa shape index (κ3) is 5.54. The van der Waals surface area contributed by atoms with Gasteiger partial charge in [-0.1, -0.05) is 18.2 Å². The number of imidazole rings is 1. The lowest BCUT2D eigenvalue weighted by molar-refractivity contribution is -0.137. The number of para-hydroxylation sites is 1. The van der Waals surface area contributed by atoms with E-state index in [1.54, 1.807) is 79.3 Å². The minimum atomic E-state index is -1.76. The molecule has 2 heterocycles. The first kappa shape index (κ1) is 22.9. The Kier molecular flexibility index (Phi) is 7.09. The van der Waals surface area contributed by atoms with Gasteiger partial charge >= 0.3 is 5.97 Å². The van der Waals surface area contributed by atoms with Crippen LogP contribution in [0.1, 0.15) is 27.6 Å². The van der Waals surface area contributed by atoms with Crippen molar-refractivity contribution in [2.45, 2.75) is 16.6 Å². The van der Waals surface area contributed by atoms with Crippen molar-refractivity contribution >= 4 is 40.0 Å². The highest BCUT2D eigenvalue weighted by Gasteiger charge is 2.26. The lowest BCUT2D eigenvalue weighted by atomic mass is 10.1. The second-order valence-corrected chi connectivity index (χ2v) is 8.86. The summed E-state index contributed by atoms with van der Waals surface area (Å²) in [6, 6.07) is 16.8. The molecule has 2 atom stereocenters. The number of pyridine rings is 1. The van der Waals surface area contributed by atoms with E-state index in [2.05, 4.69) is 25.6 Å². The summed E-state index contributed by atoms with van der Waals surface area (Å²) in [7, 11) is -1.76. The van der Waals surface area contributed by atoms with Gasteiger partial charge in [-0.05, 0) is 48.0 Å². The van der Waals surface area contributed by atoms with Gasteiger partial charge in [-0.3, -0.25) is 18.8 Å². The number of aliphatic carboxylic acids is 1. The third-order valence-corrected chi connectivity index (χ3v) is 6.68. The molecule has 0 spiro atoms. The zero-order chi connectivity index (χ0) is 23.9. The molecule has 4 rings (SSSR count). The molecule has 0 saturated carbocycles. The predicted molar refractivity (Wildman–Crippen MR) is 128 cm³/mol. The molecule has 2 aromatic heterocycles. The van der Waals surface area contributed by atoms with Crippen molar-refractivity contribution in [2.24, 2.45) is 0 Å². The van der Waals surface area contributed by atoms with E-state index in [0.29, 0.717) is 27.7 Å². The van der Waals surface area contributed by atoms with Crippen LogP contribution in [0.4, 0.5) is 17.3 Å². The van der Waals surface area contributed by atoms with Crippen molar-refractivity contribution in [3.05, 3.63) is 96.6 Å². The van der Waals surface area contributed by atoms with E-state index >= 15 is 0 Å². The minimum absolute atomic E-state index is 0.335. The Morgan fingerprint density at radius 1 is 1.03 bits per heavy atom. The van der Waals surface area contributed by atoms with Crippen LogP contribution < -0.4 is 10.6 Å². The topological polar surface area (TPSA) is 137 Å². The van der Waals surface area contributed by atoms with Crippen LogP contribution in [0, 0.1) is 0 Å². The van der Waals surface area contributed by atoms with Gasteiger partial charge in [-0.2, -0.15) is 0 Å². The van der Waals surface area contributed by atoms with E-state index in [4.69, 9.17) is 0 Å². The van der Waals surface area contributed by atoms with Crippen LogP contribution in [0.5, 0.6) is 0 Å². The van der Waals surface area contributed by atoms with Crippen LogP contribution in [-0.2, 0) is 15.6 Å². The molecule has 0 radical (unpaired) electrons. The van der Waals surface area contributed by atoms with E-state index in [-0.39, 0.29) is 12.3 Å². The number of rotatable bonds is 9. The molecule has 0 bridgehead atoms. The van der Waals surface area contributed by atoms with Gasteiger partial charge in [0.25, 0.3) is 5.91 Å². The summed E-state index contributed by atoms with van der Waals surface area (Å²) in [4.78, 5) is 35.7. The number of carbonyl (C=O) groups is 2. The number of nitrogens with zero attached hydrogens (tertiary/aromatic N) is 2. The number of carboxylic acids is 1. The molecule has 34 heavy (non-hydrogen) atoms. The van der Waals surface area contributed by atoms with Crippen LogP contribution in [0.25, 0.3) is 0 Å². The van der Waals surface area contributed by atoms with Crippen molar-refractivity contribution in [1.29, 1.82) is 0 Å². The van der Waals surface area contributed by atoms with Crippen LogP contribution in [0.3, 0.4) is 0 Å². The number of nitrogens with one attached hydrogen (secondary N) is 3. The van der Waals surface area contributed by atoms with E-state index < -0.39 is 22.0 Å². The Labute approximate surface area is 197 Å². The summed E-state index contributed by atoms with van der Waals surface area (Å²) in [6.45, 7) is 0. The average Bonchev–Trinajstić information content (AvgIpc) is 3.36. The number of carbonyl (C=O) groups excluding carboxylic acids is 1. The van der Waals surface area contributed by atoms with Gasteiger partial charge in [0.15, 0.2) is 0 Å². The van der Waals surface area contributed by atoms with Gasteiger partial charge in [0.05, 0.1) is 33.1 Å². The summed E-state index contributed by atoms with van der Waals surface area (Å²) >= 11 is 0. The predicted octanol–water partition coefficient (Wildman–Crippen LogP) is 4.12. The molecule has 172 valence electrons. The maximum absolute atomic E-state index is 13.5. The third-order valence-electron chi connectivity index (χ3n) is 4.93. The molecule has 4 N–H and O–H groups in total. The molecule has 4 aromatic rings. The first-order chi connectivity index (χ1) is 16.5. The maximum Gasteiger partial charge on any atom is 0.304 e. The monoisotopic (exact) mass is 475 g/mol. The van der Waals surface area contributed by atoms with Crippen molar-refractivity contribution in [3.63, 3.8) is 0 Å². The number of benzene rings is 2. The van der Waals surface area contributed by atoms with Crippen molar-refractivity contribution < 1.29 is 18.9 Å². The van der Waals surface area contributed by atoms with Crippen molar-refractivity contribution in [3.8, 4) is 0 Å². The maximum atomic E-state index is 13.5. The van der Waals surface area contributed by atoms with Crippen LogP contribution in [-0.4, -0.2) is 36.1 Å².